The van der Waals surface area contributed by atoms with Gasteiger partial charge in [-0.15, -0.1) is 0 Å². The van der Waals surface area contributed by atoms with Crippen LogP contribution in [0.4, 0.5) is 0 Å². The molecule has 0 saturated heterocycles. The summed E-state index contributed by atoms with van der Waals surface area (Å²) in [6, 6.07) is 7.44. The van der Waals surface area contributed by atoms with Crippen LogP contribution >= 0.6 is 0 Å². The average molecular weight is 203 g/mol. The van der Waals surface area contributed by atoms with Crippen LogP contribution < -0.4 is 0 Å². The predicted molar refractivity (Wildman–Crippen MR) is 53.7 cm³/mol. The highest BCUT2D eigenvalue weighted by Crippen LogP contribution is 2.27. The largest absolute Gasteiger partial charge is 0.479 e. The molecule has 2 aromatic rings. The van der Waals surface area contributed by atoms with Crippen LogP contribution in [0.5, 0.6) is 5.95 Å². The third kappa shape index (κ3) is 1.61. The molecule has 0 bridgehead atoms. The van der Waals surface area contributed by atoms with Crippen molar-refractivity contribution in [3.63, 3.8) is 0 Å². The summed E-state index contributed by atoms with van der Waals surface area (Å²) in [6.45, 7) is 1.90. The normalized spacial score (nSPS) is 10.2. The summed E-state index contributed by atoms with van der Waals surface area (Å²) in [5.74, 6) is -0.184. The first-order valence-electron chi connectivity index (χ1n) is 4.43. The summed E-state index contributed by atoms with van der Waals surface area (Å²) in [6.07, 6.45) is 0.459. The van der Waals surface area contributed by atoms with Crippen LogP contribution in [0, 0.1) is 6.92 Å². The molecule has 0 spiro atoms. The number of carbonyl (C=O) groups is 1. The molecule has 0 atom stereocenters. The van der Waals surface area contributed by atoms with Crippen LogP contribution in [0.25, 0.3) is 11.5 Å². The van der Waals surface area contributed by atoms with Gasteiger partial charge in [0.1, 0.15) is 0 Å². The van der Waals surface area contributed by atoms with Gasteiger partial charge in [0.15, 0.2) is 12.0 Å². The Bertz CT molecular complexity index is 502. The second kappa shape index (κ2) is 3.57. The highest BCUT2D eigenvalue weighted by Gasteiger charge is 2.13. The van der Waals surface area contributed by atoms with E-state index >= 15 is 0 Å². The summed E-state index contributed by atoms with van der Waals surface area (Å²) < 4.78 is 4.99. The lowest BCUT2D eigenvalue weighted by molar-refractivity contribution is 0.111. The quantitative estimate of drug-likeness (QED) is 0.759. The number of aromatic nitrogens is 1. The Kier molecular flexibility index (Phi) is 2.25. The Balaban J connectivity index is 2.55. The number of nitrogens with zero attached hydrogens (tertiary/aromatic N) is 1. The first-order valence-corrected chi connectivity index (χ1v) is 4.43. The third-order valence-electron chi connectivity index (χ3n) is 2.12. The van der Waals surface area contributed by atoms with Crippen molar-refractivity contribution >= 4 is 6.29 Å². The van der Waals surface area contributed by atoms with Gasteiger partial charge in [-0.3, -0.25) is 4.79 Å². The van der Waals surface area contributed by atoms with Gasteiger partial charge in [0.25, 0.3) is 0 Å². The monoisotopic (exact) mass is 203 g/mol. The van der Waals surface area contributed by atoms with Gasteiger partial charge in [-0.1, -0.05) is 18.2 Å². The Labute approximate surface area is 86.2 Å². The van der Waals surface area contributed by atoms with Crippen molar-refractivity contribution in [1.82, 2.24) is 4.98 Å². The van der Waals surface area contributed by atoms with E-state index in [2.05, 4.69) is 4.98 Å². The van der Waals surface area contributed by atoms with Gasteiger partial charge >= 0.3 is 5.95 Å². The van der Waals surface area contributed by atoms with Gasteiger partial charge in [0, 0.05) is 5.56 Å². The van der Waals surface area contributed by atoms with Crippen molar-refractivity contribution in [3.8, 4) is 17.4 Å². The standard InChI is InChI=1S/C11H9NO3/c1-7-4-2-3-5-8(7)10-12-9(6-13)11(14)15-10/h2-6,14H,1H3. The molecule has 1 aromatic carbocycles. The summed E-state index contributed by atoms with van der Waals surface area (Å²) in [5.41, 5.74) is 1.66. The third-order valence-corrected chi connectivity index (χ3v) is 2.12. The number of oxazole rings is 1. The van der Waals surface area contributed by atoms with Gasteiger partial charge in [-0.05, 0) is 18.6 Å². The average Bonchev–Trinajstić information content (AvgIpc) is 2.60. The Morgan fingerprint density at radius 3 is 2.73 bits per heavy atom. The van der Waals surface area contributed by atoms with Gasteiger partial charge in [-0.25, -0.2) is 4.98 Å². The van der Waals surface area contributed by atoms with Crippen molar-refractivity contribution < 1.29 is 14.3 Å². The minimum Gasteiger partial charge on any atom is -0.479 e. The van der Waals surface area contributed by atoms with Gasteiger partial charge < -0.3 is 9.52 Å². The van der Waals surface area contributed by atoms with Gasteiger partial charge in [-0.2, -0.15) is 0 Å². The summed E-state index contributed by atoms with van der Waals surface area (Å²) in [5, 5.41) is 9.22. The van der Waals surface area contributed by atoms with E-state index < -0.39 is 5.95 Å². The van der Waals surface area contributed by atoms with Crippen LogP contribution in [-0.2, 0) is 0 Å². The fourth-order valence-electron chi connectivity index (χ4n) is 1.33. The molecule has 0 unspecified atom stereocenters. The zero-order valence-electron chi connectivity index (χ0n) is 8.10. The molecule has 0 saturated carbocycles. The second-order valence-corrected chi connectivity index (χ2v) is 3.14. The predicted octanol–water partition coefficient (Wildman–Crippen LogP) is 2.17. The topological polar surface area (TPSA) is 63.3 Å². The van der Waals surface area contributed by atoms with Crippen molar-refractivity contribution in [2.24, 2.45) is 0 Å². The fraction of sp³-hybridized carbons (Fsp3) is 0.0909. The van der Waals surface area contributed by atoms with E-state index in [0.29, 0.717) is 6.29 Å². The van der Waals surface area contributed by atoms with E-state index in [1.54, 1.807) is 0 Å². The molecule has 0 radical (unpaired) electrons. The maximum absolute atomic E-state index is 10.5. The summed E-state index contributed by atoms with van der Waals surface area (Å²) in [7, 11) is 0. The van der Waals surface area contributed by atoms with Crippen LogP contribution in [-0.4, -0.2) is 16.4 Å². The van der Waals surface area contributed by atoms with Gasteiger partial charge in [0.2, 0.25) is 5.89 Å². The molecular formula is C11H9NO3. The molecule has 1 aromatic heterocycles. The van der Waals surface area contributed by atoms with E-state index in [1.807, 2.05) is 31.2 Å². The lowest BCUT2D eigenvalue weighted by atomic mass is 10.1. The number of aromatic hydroxyl groups is 1. The number of benzene rings is 1. The van der Waals surface area contributed by atoms with Crippen molar-refractivity contribution in [2.75, 3.05) is 0 Å². The molecule has 0 aliphatic heterocycles. The van der Waals surface area contributed by atoms with Crippen molar-refractivity contribution in [3.05, 3.63) is 35.5 Å². The van der Waals surface area contributed by atoms with E-state index in [4.69, 9.17) is 4.42 Å². The van der Waals surface area contributed by atoms with Crippen LogP contribution in [0.2, 0.25) is 0 Å². The highest BCUT2D eigenvalue weighted by atomic mass is 16.5. The van der Waals surface area contributed by atoms with E-state index in [1.165, 1.54) is 0 Å². The molecular weight excluding hydrogens is 194 g/mol. The SMILES string of the molecule is Cc1ccccc1-c1nc(C=O)c(O)o1. The van der Waals surface area contributed by atoms with E-state index in [-0.39, 0.29) is 11.6 Å². The lowest BCUT2D eigenvalue weighted by Crippen LogP contribution is -1.83. The van der Waals surface area contributed by atoms with E-state index in [9.17, 15) is 9.90 Å². The molecule has 1 heterocycles. The molecule has 0 aliphatic rings. The van der Waals surface area contributed by atoms with Crippen molar-refractivity contribution in [2.45, 2.75) is 6.92 Å². The Hall–Kier alpha value is -2.10. The van der Waals surface area contributed by atoms with E-state index in [0.717, 1.165) is 11.1 Å². The minimum absolute atomic E-state index is 0.0757. The first-order chi connectivity index (χ1) is 7.22. The zero-order chi connectivity index (χ0) is 10.8. The lowest BCUT2D eigenvalue weighted by Gasteiger charge is -1.98. The molecule has 0 fully saturated rings. The fourth-order valence-corrected chi connectivity index (χ4v) is 1.33. The Morgan fingerprint density at radius 2 is 2.13 bits per heavy atom. The first kappa shape index (κ1) is 9.45. The maximum Gasteiger partial charge on any atom is 0.314 e. The second-order valence-electron chi connectivity index (χ2n) is 3.14. The van der Waals surface area contributed by atoms with Crippen molar-refractivity contribution in [1.29, 1.82) is 0 Å². The number of hydrogen-bond donors (Lipinski definition) is 1. The zero-order valence-corrected chi connectivity index (χ0v) is 8.10. The molecule has 76 valence electrons. The van der Waals surface area contributed by atoms with Crippen LogP contribution in [0.15, 0.2) is 28.7 Å². The number of aldehydes is 1. The van der Waals surface area contributed by atoms with Gasteiger partial charge in [0.05, 0.1) is 0 Å². The number of rotatable bonds is 2. The van der Waals surface area contributed by atoms with Crippen LogP contribution in [0.1, 0.15) is 16.1 Å². The summed E-state index contributed by atoms with van der Waals surface area (Å²) >= 11 is 0. The molecule has 15 heavy (non-hydrogen) atoms. The summed E-state index contributed by atoms with van der Waals surface area (Å²) in [4.78, 5) is 14.3. The molecule has 1 N–H and O–H groups in total. The van der Waals surface area contributed by atoms with Crippen LogP contribution in [0.3, 0.4) is 0 Å². The highest BCUT2D eigenvalue weighted by molar-refractivity contribution is 5.76. The molecule has 4 heteroatoms. The number of aryl methyl sites for hydroxylation is 1. The number of carbonyl (C=O) groups excluding carboxylic acids is 1. The maximum atomic E-state index is 10.5. The minimum atomic E-state index is -0.441. The molecule has 0 aliphatic carbocycles. The Morgan fingerprint density at radius 1 is 1.40 bits per heavy atom. The smallest absolute Gasteiger partial charge is 0.314 e. The molecule has 4 nitrogen and oxygen atoms in total. The molecule has 0 amide bonds. The molecule has 2 rings (SSSR count). The number of hydrogen-bond acceptors (Lipinski definition) is 4.